The van der Waals surface area contributed by atoms with Crippen LogP contribution in [0.2, 0.25) is 5.02 Å². The summed E-state index contributed by atoms with van der Waals surface area (Å²) in [4.78, 5) is 0. The minimum absolute atomic E-state index is 0.596. The van der Waals surface area contributed by atoms with Crippen molar-refractivity contribution in [2.45, 2.75) is 19.3 Å². The number of hydrogen-bond donors (Lipinski definition) is 0. The van der Waals surface area contributed by atoms with Crippen LogP contribution in [0.25, 0.3) is 0 Å². The Morgan fingerprint density at radius 1 is 1.36 bits per heavy atom. The van der Waals surface area contributed by atoms with Gasteiger partial charge in [-0.1, -0.05) is 17.7 Å². The second-order valence-corrected chi connectivity index (χ2v) is 3.36. The van der Waals surface area contributed by atoms with Gasteiger partial charge in [0, 0.05) is 11.4 Å². The van der Waals surface area contributed by atoms with Crippen LogP contribution in [-0.2, 0) is 0 Å². The van der Waals surface area contributed by atoms with Gasteiger partial charge in [0.25, 0.3) is 0 Å². The molecular formula is C11H12ClNO. The van der Waals surface area contributed by atoms with E-state index in [9.17, 15) is 0 Å². The fraction of sp³-hybridized carbons (Fsp3) is 0.364. The van der Waals surface area contributed by atoms with Gasteiger partial charge in [0.05, 0.1) is 12.7 Å². The maximum Gasteiger partial charge on any atom is 0.120 e. The van der Waals surface area contributed by atoms with Crippen molar-refractivity contribution in [2.75, 3.05) is 6.61 Å². The molecule has 1 aromatic carbocycles. The van der Waals surface area contributed by atoms with Crippen LogP contribution in [0.4, 0.5) is 0 Å². The Morgan fingerprint density at radius 2 is 2.21 bits per heavy atom. The minimum Gasteiger partial charge on any atom is -0.494 e. The van der Waals surface area contributed by atoms with Crippen LogP contribution in [-0.4, -0.2) is 6.61 Å². The van der Waals surface area contributed by atoms with Crippen molar-refractivity contribution in [2.24, 2.45) is 0 Å². The number of ether oxygens (including phenoxy) is 1. The van der Waals surface area contributed by atoms with Crippen molar-refractivity contribution in [1.29, 1.82) is 5.26 Å². The van der Waals surface area contributed by atoms with Crippen LogP contribution in [0.15, 0.2) is 24.3 Å². The van der Waals surface area contributed by atoms with Gasteiger partial charge in [-0.25, -0.2) is 0 Å². The Kier molecular flexibility index (Phi) is 4.88. The summed E-state index contributed by atoms with van der Waals surface area (Å²) >= 11 is 5.78. The van der Waals surface area contributed by atoms with Crippen LogP contribution in [0, 0.1) is 11.3 Å². The van der Waals surface area contributed by atoms with E-state index in [2.05, 4.69) is 6.07 Å². The SMILES string of the molecule is N#CCCCCOc1cccc(Cl)c1. The summed E-state index contributed by atoms with van der Waals surface area (Å²) in [6.07, 6.45) is 2.38. The first kappa shape index (κ1) is 10.9. The molecular weight excluding hydrogens is 198 g/mol. The Morgan fingerprint density at radius 3 is 2.93 bits per heavy atom. The van der Waals surface area contributed by atoms with E-state index in [1.807, 2.05) is 18.2 Å². The quantitative estimate of drug-likeness (QED) is 0.697. The van der Waals surface area contributed by atoms with Crippen LogP contribution in [0.1, 0.15) is 19.3 Å². The maximum absolute atomic E-state index is 8.31. The fourth-order valence-electron chi connectivity index (χ4n) is 1.05. The van der Waals surface area contributed by atoms with Crippen molar-refractivity contribution in [3.05, 3.63) is 29.3 Å². The normalized spacial score (nSPS) is 9.43. The Hall–Kier alpha value is -1.20. The fourth-order valence-corrected chi connectivity index (χ4v) is 1.23. The van der Waals surface area contributed by atoms with Gasteiger partial charge in [-0.05, 0) is 31.0 Å². The number of rotatable bonds is 5. The summed E-state index contributed by atoms with van der Waals surface area (Å²) < 4.78 is 5.44. The van der Waals surface area contributed by atoms with Crippen molar-refractivity contribution < 1.29 is 4.74 Å². The molecule has 0 aliphatic rings. The summed E-state index contributed by atoms with van der Waals surface area (Å²) in [6, 6.07) is 9.42. The van der Waals surface area contributed by atoms with Crippen LogP contribution >= 0.6 is 11.6 Å². The molecule has 0 unspecified atom stereocenters. The lowest BCUT2D eigenvalue weighted by Crippen LogP contribution is -1.96. The van der Waals surface area contributed by atoms with Gasteiger partial charge < -0.3 is 4.74 Å². The standard InChI is InChI=1S/C11H12ClNO/c12-10-5-4-6-11(9-10)14-8-3-1-2-7-13/h4-6,9H,1-3,8H2. The summed E-state index contributed by atoms with van der Waals surface area (Å²) in [6.45, 7) is 0.641. The summed E-state index contributed by atoms with van der Waals surface area (Å²) in [5.74, 6) is 0.787. The number of benzene rings is 1. The van der Waals surface area contributed by atoms with E-state index < -0.39 is 0 Å². The molecule has 0 spiro atoms. The summed E-state index contributed by atoms with van der Waals surface area (Å²) in [5.41, 5.74) is 0. The zero-order valence-electron chi connectivity index (χ0n) is 7.87. The van der Waals surface area contributed by atoms with Gasteiger partial charge in [0.15, 0.2) is 0 Å². The van der Waals surface area contributed by atoms with Gasteiger partial charge in [0.2, 0.25) is 0 Å². The lowest BCUT2D eigenvalue weighted by atomic mass is 10.2. The van der Waals surface area contributed by atoms with Crippen molar-refractivity contribution >= 4 is 11.6 Å². The van der Waals surface area contributed by atoms with Crippen LogP contribution < -0.4 is 4.74 Å². The molecule has 0 N–H and O–H groups in total. The van der Waals surface area contributed by atoms with E-state index in [1.165, 1.54) is 0 Å². The molecule has 0 aromatic heterocycles. The number of hydrogen-bond acceptors (Lipinski definition) is 2. The summed E-state index contributed by atoms with van der Waals surface area (Å²) in [7, 11) is 0. The van der Waals surface area contributed by atoms with E-state index in [0.29, 0.717) is 18.1 Å². The predicted octanol–water partition coefficient (Wildman–Crippen LogP) is 3.41. The molecule has 74 valence electrons. The average molecular weight is 210 g/mol. The maximum atomic E-state index is 8.31. The molecule has 0 saturated heterocycles. The topological polar surface area (TPSA) is 33.0 Å². The molecule has 3 heteroatoms. The van der Waals surface area contributed by atoms with Crippen LogP contribution in [0.5, 0.6) is 5.75 Å². The number of nitrogens with zero attached hydrogens (tertiary/aromatic N) is 1. The molecule has 14 heavy (non-hydrogen) atoms. The van der Waals surface area contributed by atoms with Crippen LogP contribution in [0.3, 0.4) is 0 Å². The smallest absolute Gasteiger partial charge is 0.120 e. The number of halogens is 1. The molecule has 0 bridgehead atoms. The van der Waals surface area contributed by atoms with E-state index in [1.54, 1.807) is 6.07 Å². The van der Waals surface area contributed by atoms with Crippen molar-refractivity contribution in [3.8, 4) is 11.8 Å². The Labute approximate surface area is 89.1 Å². The third-order valence-corrected chi connectivity index (χ3v) is 1.98. The largest absolute Gasteiger partial charge is 0.494 e. The summed E-state index contributed by atoms with van der Waals surface area (Å²) in [5, 5.41) is 8.99. The molecule has 1 rings (SSSR count). The van der Waals surface area contributed by atoms with Gasteiger partial charge in [-0.2, -0.15) is 5.26 Å². The van der Waals surface area contributed by atoms with E-state index >= 15 is 0 Å². The first-order valence-electron chi connectivity index (χ1n) is 4.58. The molecule has 0 aliphatic heterocycles. The first-order chi connectivity index (χ1) is 6.83. The second-order valence-electron chi connectivity index (χ2n) is 2.92. The number of nitriles is 1. The molecule has 2 nitrogen and oxygen atoms in total. The third kappa shape index (κ3) is 4.15. The molecule has 0 atom stereocenters. The Balaban J connectivity index is 2.22. The lowest BCUT2D eigenvalue weighted by Gasteiger charge is -2.04. The molecule has 0 heterocycles. The molecule has 0 fully saturated rings. The lowest BCUT2D eigenvalue weighted by molar-refractivity contribution is 0.307. The molecule has 1 aromatic rings. The van der Waals surface area contributed by atoms with Crippen molar-refractivity contribution in [1.82, 2.24) is 0 Å². The molecule has 0 radical (unpaired) electrons. The highest BCUT2D eigenvalue weighted by molar-refractivity contribution is 6.30. The molecule has 0 saturated carbocycles. The second kappa shape index (κ2) is 6.28. The monoisotopic (exact) mass is 209 g/mol. The predicted molar refractivity (Wildman–Crippen MR) is 56.4 cm³/mol. The average Bonchev–Trinajstić information content (AvgIpc) is 2.18. The van der Waals surface area contributed by atoms with Gasteiger partial charge in [0.1, 0.15) is 5.75 Å². The zero-order valence-corrected chi connectivity index (χ0v) is 8.63. The first-order valence-corrected chi connectivity index (χ1v) is 4.96. The molecule has 0 aliphatic carbocycles. The van der Waals surface area contributed by atoms with E-state index in [-0.39, 0.29) is 0 Å². The van der Waals surface area contributed by atoms with Crippen molar-refractivity contribution in [3.63, 3.8) is 0 Å². The zero-order chi connectivity index (χ0) is 10.2. The molecule has 0 amide bonds. The minimum atomic E-state index is 0.596. The van der Waals surface area contributed by atoms with E-state index in [4.69, 9.17) is 21.6 Å². The van der Waals surface area contributed by atoms with Gasteiger partial charge in [-0.15, -0.1) is 0 Å². The highest BCUT2D eigenvalue weighted by Crippen LogP contribution is 2.17. The van der Waals surface area contributed by atoms with E-state index in [0.717, 1.165) is 18.6 Å². The highest BCUT2D eigenvalue weighted by atomic mass is 35.5. The Bertz CT molecular complexity index is 319. The van der Waals surface area contributed by atoms with Gasteiger partial charge >= 0.3 is 0 Å². The number of unbranched alkanes of at least 4 members (excludes halogenated alkanes) is 2. The highest BCUT2D eigenvalue weighted by Gasteiger charge is 1.94. The van der Waals surface area contributed by atoms with Gasteiger partial charge in [-0.3, -0.25) is 0 Å². The third-order valence-electron chi connectivity index (χ3n) is 1.75.